The van der Waals surface area contributed by atoms with Crippen molar-refractivity contribution in [3.05, 3.63) is 11.9 Å². The molecule has 4 nitrogen and oxygen atoms in total. The molecule has 1 aliphatic carbocycles. The van der Waals surface area contributed by atoms with Crippen molar-refractivity contribution in [2.75, 3.05) is 17.2 Å². The minimum Gasteiger partial charge on any atom is -0.370 e. The van der Waals surface area contributed by atoms with E-state index in [1.807, 2.05) is 0 Å². The molecular formula is C17H30N4. The van der Waals surface area contributed by atoms with Crippen molar-refractivity contribution in [1.82, 2.24) is 9.97 Å². The lowest BCUT2D eigenvalue weighted by Gasteiger charge is -2.33. The molecule has 118 valence electrons. The molecule has 1 saturated carbocycles. The minimum atomic E-state index is 0.552. The van der Waals surface area contributed by atoms with Crippen LogP contribution < -0.4 is 10.6 Å². The molecule has 1 fully saturated rings. The molecule has 3 unspecified atom stereocenters. The molecule has 0 aromatic carbocycles. The summed E-state index contributed by atoms with van der Waals surface area (Å²) >= 11 is 0. The highest BCUT2D eigenvalue weighted by atomic mass is 15.1. The van der Waals surface area contributed by atoms with Crippen molar-refractivity contribution in [2.24, 2.45) is 11.8 Å². The van der Waals surface area contributed by atoms with Crippen LogP contribution in [0.1, 0.15) is 58.9 Å². The third kappa shape index (κ3) is 4.08. The number of nitrogens with one attached hydrogen (secondary N) is 2. The van der Waals surface area contributed by atoms with Gasteiger partial charge in [-0.1, -0.05) is 27.2 Å². The van der Waals surface area contributed by atoms with Crippen LogP contribution >= 0.6 is 0 Å². The van der Waals surface area contributed by atoms with Gasteiger partial charge in [-0.2, -0.15) is 0 Å². The molecule has 0 saturated heterocycles. The van der Waals surface area contributed by atoms with Gasteiger partial charge in [0.15, 0.2) is 0 Å². The first-order chi connectivity index (χ1) is 10.2. The van der Waals surface area contributed by atoms with E-state index in [0.29, 0.717) is 6.04 Å². The highest BCUT2D eigenvalue weighted by Gasteiger charge is 2.25. The van der Waals surface area contributed by atoms with Crippen molar-refractivity contribution < 1.29 is 0 Å². The first-order valence-corrected chi connectivity index (χ1v) is 8.49. The summed E-state index contributed by atoms with van der Waals surface area (Å²) in [6.07, 6.45) is 7.61. The molecule has 3 atom stereocenters. The Morgan fingerprint density at radius 2 is 1.86 bits per heavy atom. The quantitative estimate of drug-likeness (QED) is 0.828. The molecule has 0 aliphatic heterocycles. The molecular weight excluding hydrogens is 260 g/mol. The highest BCUT2D eigenvalue weighted by molar-refractivity contribution is 5.57. The maximum Gasteiger partial charge on any atom is 0.134 e. The van der Waals surface area contributed by atoms with Gasteiger partial charge in [0.2, 0.25) is 0 Å². The second-order valence-electron chi connectivity index (χ2n) is 6.44. The molecule has 0 spiro atoms. The van der Waals surface area contributed by atoms with E-state index in [2.05, 4.69) is 48.3 Å². The lowest BCUT2D eigenvalue weighted by atomic mass is 9.79. The topological polar surface area (TPSA) is 49.8 Å². The molecule has 2 rings (SSSR count). The summed E-state index contributed by atoms with van der Waals surface area (Å²) in [5.74, 6) is 3.67. The van der Waals surface area contributed by atoms with E-state index in [0.717, 1.165) is 42.9 Å². The zero-order valence-corrected chi connectivity index (χ0v) is 13.9. The number of nitrogens with zero attached hydrogens (tertiary/aromatic N) is 2. The Morgan fingerprint density at radius 3 is 2.52 bits per heavy atom. The number of hydrogen-bond acceptors (Lipinski definition) is 4. The average molecular weight is 290 g/mol. The van der Waals surface area contributed by atoms with E-state index < -0.39 is 0 Å². The second-order valence-corrected chi connectivity index (χ2v) is 6.44. The third-order valence-electron chi connectivity index (χ3n) is 4.73. The van der Waals surface area contributed by atoms with Crippen LogP contribution in [0.15, 0.2) is 6.33 Å². The van der Waals surface area contributed by atoms with Gasteiger partial charge < -0.3 is 10.6 Å². The summed E-state index contributed by atoms with van der Waals surface area (Å²) in [6, 6.07) is 0.552. The molecule has 2 N–H and O–H groups in total. The van der Waals surface area contributed by atoms with Crippen molar-refractivity contribution in [3.8, 4) is 0 Å². The zero-order valence-electron chi connectivity index (χ0n) is 13.9. The first-order valence-electron chi connectivity index (χ1n) is 8.49. The van der Waals surface area contributed by atoms with Gasteiger partial charge in [0.25, 0.3) is 0 Å². The predicted molar refractivity (Wildman–Crippen MR) is 89.8 cm³/mol. The van der Waals surface area contributed by atoms with Crippen molar-refractivity contribution in [3.63, 3.8) is 0 Å². The molecule has 1 aromatic rings. The Kier molecular flexibility index (Phi) is 5.83. The van der Waals surface area contributed by atoms with Crippen LogP contribution in [0.25, 0.3) is 0 Å². The van der Waals surface area contributed by atoms with Crippen LogP contribution in [-0.2, 0) is 6.42 Å². The number of anilines is 2. The van der Waals surface area contributed by atoms with E-state index in [-0.39, 0.29) is 0 Å². The summed E-state index contributed by atoms with van der Waals surface area (Å²) in [7, 11) is 0. The van der Waals surface area contributed by atoms with Gasteiger partial charge in [-0.05, 0) is 44.4 Å². The van der Waals surface area contributed by atoms with Gasteiger partial charge in [0.1, 0.15) is 18.0 Å². The van der Waals surface area contributed by atoms with Gasteiger partial charge in [-0.15, -0.1) is 0 Å². The van der Waals surface area contributed by atoms with Gasteiger partial charge in [-0.25, -0.2) is 9.97 Å². The highest BCUT2D eigenvalue weighted by Crippen LogP contribution is 2.32. The Morgan fingerprint density at radius 1 is 1.10 bits per heavy atom. The fraction of sp³-hybridized carbons (Fsp3) is 0.765. The first kappa shape index (κ1) is 16.1. The summed E-state index contributed by atoms with van der Waals surface area (Å²) < 4.78 is 0. The number of rotatable bonds is 6. The van der Waals surface area contributed by atoms with E-state index in [4.69, 9.17) is 0 Å². The van der Waals surface area contributed by atoms with Crippen molar-refractivity contribution in [1.29, 1.82) is 0 Å². The van der Waals surface area contributed by atoms with Crippen LogP contribution in [0, 0.1) is 11.8 Å². The maximum absolute atomic E-state index is 4.52. The molecule has 1 aliphatic rings. The fourth-order valence-electron chi connectivity index (χ4n) is 3.22. The van der Waals surface area contributed by atoms with Gasteiger partial charge in [0, 0.05) is 18.2 Å². The van der Waals surface area contributed by atoms with Crippen LogP contribution in [-0.4, -0.2) is 22.6 Å². The Bertz CT molecular complexity index is 446. The van der Waals surface area contributed by atoms with Gasteiger partial charge in [-0.3, -0.25) is 0 Å². The van der Waals surface area contributed by atoms with Crippen LogP contribution in [0.4, 0.5) is 11.6 Å². The van der Waals surface area contributed by atoms with E-state index in [1.54, 1.807) is 6.33 Å². The van der Waals surface area contributed by atoms with Crippen molar-refractivity contribution in [2.45, 2.75) is 65.8 Å². The SMILES string of the molecule is CCCc1c(NCC)ncnc1NC1CCC(C)C(C)C1. The summed E-state index contributed by atoms with van der Waals surface area (Å²) in [6.45, 7) is 9.95. The largest absolute Gasteiger partial charge is 0.370 e. The average Bonchev–Trinajstić information content (AvgIpc) is 2.46. The van der Waals surface area contributed by atoms with Crippen LogP contribution in [0.3, 0.4) is 0 Å². The minimum absolute atomic E-state index is 0.552. The third-order valence-corrected chi connectivity index (χ3v) is 4.73. The standard InChI is InChI=1S/C17H30N4/c1-5-7-15-16(18-6-2)19-11-20-17(15)21-14-9-8-12(3)13(4)10-14/h11-14H,5-10H2,1-4H3,(H2,18,19,20,21). The van der Waals surface area contributed by atoms with Gasteiger partial charge in [0.05, 0.1) is 0 Å². The van der Waals surface area contributed by atoms with Gasteiger partial charge >= 0.3 is 0 Å². The number of aromatic nitrogens is 2. The summed E-state index contributed by atoms with van der Waals surface area (Å²) in [5.41, 5.74) is 1.24. The van der Waals surface area contributed by atoms with Crippen LogP contribution in [0.2, 0.25) is 0 Å². The number of hydrogen-bond donors (Lipinski definition) is 2. The van der Waals surface area contributed by atoms with E-state index >= 15 is 0 Å². The fourth-order valence-corrected chi connectivity index (χ4v) is 3.22. The molecule has 1 aromatic heterocycles. The van der Waals surface area contributed by atoms with E-state index in [1.165, 1.54) is 24.8 Å². The zero-order chi connectivity index (χ0) is 15.2. The molecule has 0 bridgehead atoms. The smallest absolute Gasteiger partial charge is 0.134 e. The molecule has 0 radical (unpaired) electrons. The second kappa shape index (κ2) is 7.62. The maximum atomic E-state index is 4.52. The predicted octanol–water partition coefficient (Wildman–Crippen LogP) is 4.10. The Labute approximate surface area is 129 Å². The molecule has 4 heteroatoms. The summed E-state index contributed by atoms with van der Waals surface area (Å²) in [4.78, 5) is 8.92. The lowest BCUT2D eigenvalue weighted by molar-refractivity contribution is 0.260. The normalized spacial score (nSPS) is 25.6. The molecule has 21 heavy (non-hydrogen) atoms. The lowest BCUT2D eigenvalue weighted by Crippen LogP contribution is -2.31. The monoisotopic (exact) mass is 290 g/mol. The van der Waals surface area contributed by atoms with E-state index in [9.17, 15) is 0 Å². The van der Waals surface area contributed by atoms with Crippen molar-refractivity contribution >= 4 is 11.6 Å². The Balaban J connectivity index is 2.13. The Hall–Kier alpha value is -1.32. The molecule has 0 amide bonds. The molecule has 1 heterocycles. The summed E-state index contributed by atoms with van der Waals surface area (Å²) in [5, 5.41) is 7.06. The van der Waals surface area contributed by atoms with Crippen LogP contribution in [0.5, 0.6) is 0 Å².